The van der Waals surface area contributed by atoms with Crippen molar-refractivity contribution in [3.63, 3.8) is 0 Å². The van der Waals surface area contributed by atoms with Crippen LogP contribution in [-0.4, -0.2) is 18.8 Å². The Morgan fingerprint density at radius 1 is 1.44 bits per heavy atom. The second-order valence-corrected chi connectivity index (χ2v) is 5.28. The Morgan fingerprint density at radius 3 is 3.00 bits per heavy atom. The molecule has 0 radical (unpaired) electrons. The molecule has 0 saturated carbocycles. The van der Waals surface area contributed by atoms with E-state index in [4.69, 9.17) is 22.1 Å². The van der Waals surface area contributed by atoms with E-state index in [1.54, 1.807) is 6.07 Å². The van der Waals surface area contributed by atoms with E-state index < -0.39 is 0 Å². The maximum absolute atomic E-state index is 13.3. The molecule has 2 unspecified atom stereocenters. The van der Waals surface area contributed by atoms with Gasteiger partial charge in [-0.05, 0) is 43.7 Å². The number of hydrogen-bond acceptors (Lipinski definition) is 2. The molecular weight excluding hydrogens is 253 g/mol. The molecule has 1 aromatic rings. The Hall–Kier alpha value is -0.640. The molecule has 2 rings (SSSR count). The summed E-state index contributed by atoms with van der Waals surface area (Å²) in [7, 11) is 0. The highest BCUT2D eigenvalue weighted by Crippen LogP contribution is 2.23. The van der Waals surface area contributed by atoms with Crippen LogP contribution in [0.3, 0.4) is 0 Å². The summed E-state index contributed by atoms with van der Waals surface area (Å²) >= 11 is 5.92. The molecule has 0 aliphatic carbocycles. The zero-order valence-electron chi connectivity index (χ0n) is 10.4. The van der Waals surface area contributed by atoms with Crippen molar-refractivity contribution in [3.8, 4) is 0 Å². The number of nitrogens with two attached hydrogens (primary N) is 1. The van der Waals surface area contributed by atoms with E-state index in [2.05, 4.69) is 0 Å². The van der Waals surface area contributed by atoms with E-state index in [1.807, 2.05) is 6.07 Å². The van der Waals surface area contributed by atoms with Crippen molar-refractivity contribution in [2.45, 2.75) is 44.2 Å². The summed E-state index contributed by atoms with van der Waals surface area (Å²) in [5.41, 5.74) is 6.87. The highest BCUT2D eigenvalue weighted by Gasteiger charge is 2.18. The van der Waals surface area contributed by atoms with Crippen molar-refractivity contribution >= 4 is 11.6 Å². The molecule has 2 N–H and O–H groups in total. The van der Waals surface area contributed by atoms with Crippen molar-refractivity contribution in [1.82, 2.24) is 0 Å². The topological polar surface area (TPSA) is 35.2 Å². The first-order valence-corrected chi connectivity index (χ1v) is 6.84. The lowest BCUT2D eigenvalue weighted by molar-refractivity contribution is 0.00747. The molecule has 0 spiro atoms. The zero-order chi connectivity index (χ0) is 13.0. The van der Waals surface area contributed by atoms with Crippen LogP contribution >= 0.6 is 11.6 Å². The van der Waals surface area contributed by atoms with Crippen LogP contribution in [0, 0.1) is 5.82 Å². The lowest BCUT2D eigenvalue weighted by atomic mass is 9.97. The van der Waals surface area contributed by atoms with Gasteiger partial charge in [0.25, 0.3) is 0 Å². The Labute approximate surface area is 112 Å². The summed E-state index contributed by atoms with van der Waals surface area (Å²) in [6.07, 6.45) is 5.08. The molecule has 1 fully saturated rings. The largest absolute Gasteiger partial charge is 0.378 e. The lowest BCUT2D eigenvalue weighted by Gasteiger charge is -2.25. The van der Waals surface area contributed by atoms with Crippen molar-refractivity contribution < 1.29 is 9.13 Å². The Morgan fingerprint density at radius 2 is 2.28 bits per heavy atom. The van der Waals surface area contributed by atoms with Gasteiger partial charge >= 0.3 is 0 Å². The van der Waals surface area contributed by atoms with Gasteiger partial charge in [-0.2, -0.15) is 0 Å². The van der Waals surface area contributed by atoms with E-state index in [1.165, 1.54) is 12.5 Å². The van der Waals surface area contributed by atoms with Gasteiger partial charge in [0.15, 0.2) is 0 Å². The smallest absolute Gasteiger partial charge is 0.142 e. The van der Waals surface area contributed by atoms with Gasteiger partial charge in [0.2, 0.25) is 0 Å². The quantitative estimate of drug-likeness (QED) is 0.912. The molecule has 1 aliphatic rings. The maximum Gasteiger partial charge on any atom is 0.142 e. The normalized spacial score (nSPS) is 21.8. The predicted octanol–water partition coefficient (Wildman–Crippen LogP) is 3.31. The van der Waals surface area contributed by atoms with E-state index in [0.717, 1.165) is 31.4 Å². The maximum atomic E-state index is 13.3. The summed E-state index contributed by atoms with van der Waals surface area (Å²) in [6, 6.07) is 4.82. The monoisotopic (exact) mass is 271 g/mol. The third-order valence-electron chi connectivity index (χ3n) is 3.35. The fraction of sp³-hybridized carbons (Fsp3) is 0.571. The van der Waals surface area contributed by atoms with Crippen LogP contribution in [0.5, 0.6) is 0 Å². The minimum absolute atomic E-state index is 0.0348. The average Bonchev–Trinajstić information content (AvgIpc) is 2.36. The number of benzene rings is 1. The number of ether oxygens (including phenoxy) is 1. The predicted molar refractivity (Wildman–Crippen MR) is 71.3 cm³/mol. The summed E-state index contributed by atoms with van der Waals surface area (Å²) in [5, 5.41) is 0.192. The van der Waals surface area contributed by atoms with Crippen LogP contribution in [0.25, 0.3) is 0 Å². The molecule has 1 heterocycles. The molecule has 1 aromatic carbocycles. The minimum Gasteiger partial charge on any atom is -0.378 e. The van der Waals surface area contributed by atoms with Crippen LogP contribution in [0.4, 0.5) is 4.39 Å². The van der Waals surface area contributed by atoms with Crippen LogP contribution in [0.2, 0.25) is 5.02 Å². The van der Waals surface area contributed by atoms with Crippen LogP contribution in [0.1, 0.15) is 31.2 Å². The molecule has 0 amide bonds. The first-order valence-electron chi connectivity index (χ1n) is 6.47. The van der Waals surface area contributed by atoms with Gasteiger partial charge in [0.1, 0.15) is 5.82 Å². The summed E-state index contributed by atoms with van der Waals surface area (Å²) in [6.45, 7) is 0.831. The molecule has 18 heavy (non-hydrogen) atoms. The third kappa shape index (κ3) is 3.67. The third-order valence-corrected chi connectivity index (χ3v) is 3.78. The van der Waals surface area contributed by atoms with Crippen molar-refractivity contribution in [2.24, 2.45) is 5.73 Å². The summed E-state index contributed by atoms with van der Waals surface area (Å²) in [4.78, 5) is 0. The number of hydrogen-bond donors (Lipinski definition) is 1. The number of halogens is 2. The molecule has 0 aromatic heterocycles. The molecule has 2 nitrogen and oxygen atoms in total. The van der Waals surface area contributed by atoms with Gasteiger partial charge in [0, 0.05) is 12.6 Å². The fourth-order valence-corrected chi connectivity index (χ4v) is 2.61. The van der Waals surface area contributed by atoms with Gasteiger partial charge < -0.3 is 10.5 Å². The molecule has 4 heteroatoms. The Bertz CT molecular complexity index is 393. The minimum atomic E-state index is -0.379. The Balaban J connectivity index is 1.90. The van der Waals surface area contributed by atoms with E-state index >= 15 is 0 Å². The molecule has 1 aliphatic heterocycles. The van der Waals surface area contributed by atoms with Crippen LogP contribution in [0.15, 0.2) is 18.2 Å². The summed E-state index contributed by atoms with van der Waals surface area (Å²) in [5.74, 6) is -0.379. The van der Waals surface area contributed by atoms with Crippen molar-refractivity contribution in [1.29, 1.82) is 0 Å². The molecule has 2 atom stereocenters. The second kappa shape index (κ2) is 6.50. The van der Waals surface area contributed by atoms with Crippen LogP contribution < -0.4 is 5.73 Å². The van der Waals surface area contributed by atoms with E-state index in [0.29, 0.717) is 6.42 Å². The van der Waals surface area contributed by atoms with Crippen molar-refractivity contribution in [2.75, 3.05) is 6.61 Å². The van der Waals surface area contributed by atoms with Gasteiger partial charge in [-0.1, -0.05) is 23.7 Å². The highest BCUT2D eigenvalue weighted by molar-refractivity contribution is 6.31. The molecular formula is C14H19ClFNO. The zero-order valence-corrected chi connectivity index (χ0v) is 11.1. The molecule has 100 valence electrons. The van der Waals surface area contributed by atoms with Gasteiger partial charge in [-0.25, -0.2) is 4.39 Å². The molecule has 1 saturated heterocycles. The number of rotatable bonds is 4. The van der Waals surface area contributed by atoms with Gasteiger partial charge in [-0.3, -0.25) is 0 Å². The average molecular weight is 272 g/mol. The van der Waals surface area contributed by atoms with E-state index in [-0.39, 0.29) is 23.0 Å². The van der Waals surface area contributed by atoms with E-state index in [9.17, 15) is 4.39 Å². The molecule has 0 bridgehead atoms. The highest BCUT2D eigenvalue weighted by atomic mass is 35.5. The van der Waals surface area contributed by atoms with Crippen LogP contribution in [-0.2, 0) is 11.2 Å². The fourth-order valence-electron chi connectivity index (χ4n) is 2.40. The standard InChI is InChI=1S/C14H19ClFNO/c15-14-10(4-3-6-13(14)16)8-11(17)9-12-5-1-2-7-18-12/h3-4,6,11-12H,1-2,5,7-9,17H2. The summed E-state index contributed by atoms with van der Waals surface area (Å²) < 4.78 is 18.9. The Kier molecular flexibility index (Phi) is 4.98. The first-order chi connectivity index (χ1) is 8.66. The van der Waals surface area contributed by atoms with Crippen molar-refractivity contribution in [3.05, 3.63) is 34.6 Å². The lowest BCUT2D eigenvalue weighted by Crippen LogP contribution is -2.31. The SMILES string of the molecule is NC(Cc1cccc(F)c1Cl)CC1CCCCO1. The van der Waals surface area contributed by atoms with Gasteiger partial charge in [-0.15, -0.1) is 0 Å². The van der Waals surface area contributed by atoms with Gasteiger partial charge in [0.05, 0.1) is 11.1 Å². The second-order valence-electron chi connectivity index (χ2n) is 4.90. The first kappa shape index (κ1) is 13.8.